The van der Waals surface area contributed by atoms with Crippen LogP contribution in [-0.4, -0.2) is 38.3 Å². The first-order valence-electron chi connectivity index (χ1n) is 9.51. The van der Waals surface area contributed by atoms with Gasteiger partial charge in [0.1, 0.15) is 17.4 Å². The van der Waals surface area contributed by atoms with Crippen molar-refractivity contribution in [3.63, 3.8) is 0 Å². The number of rotatable bonds is 8. The Morgan fingerprint density at radius 1 is 1.06 bits per heavy atom. The van der Waals surface area contributed by atoms with Crippen LogP contribution >= 0.6 is 0 Å². The molecule has 2 aromatic carbocycles. The third-order valence-corrected chi connectivity index (χ3v) is 4.47. The summed E-state index contributed by atoms with van der Waals surface area (Å²) in [5, 5.41) is 13.6. The lowest BCUT2D eigenvalue weighted by atomic mass is 10.2. The van der Waals surface area contributed by atoms with Crippen LogP contribution in [0, 0.1) is 5.82 Å². The zero-order chi connectivity index (χ0) is 21.6. The fourth-order valence-corrected chi connectivity index (χ4v) is 2.81. The highest BCUT2D eigenvalue weighted by Crippen LogP contribution is 2.19. The molecule has 10 heteroatoms. The minimum absolute atomic E-state index is 0.171. The summed E-state index contributed by atoms with van der Waals surface area (Å²) in [7, 11) is 1.60. The smallest absolute Gasteiger partial charge is 0.227 e. The summed E-state index contributed by atoms with van der Waals surface area (Å²) < 4.78 is 23.3. The van der Waals surface area contributed by atoms with Crippen molar-refractivity contribution < 1.29 is 18.4 Å². The molecular weight excluding hydrogens is 403 g/mol. The van der Waals surface area contributed by atoms with Gasteiger partial charge in [-0.1, -0.05) is 5.16 Å². The number of hydrogen-bond acceptors (Lipinski definition) is 7. The number of carbonyl (C=O) groups is 1. The Morgan fingerprint density at radius 2 is 1.77 bits per heavy atom. The van der Waals surface area contributed by atoms with Crippen LogP contribution in [0.2, 0.25) is 0 Å². The second-order valence-electron chi connectivity index (χ2n) is 6.63. The second-order valence-corrected chi connectivity index (χ2v) is 6.63. The van der Waals surface area contributed by atoms with Crippen molar-refractivity contribution in [3.05, 3.63) is 66.1 Å². The summed E-state index contributed by atoms with van der Waals surface area (Å²) in [6.07, 6.45) is 0.456. The summed E-state index contributed by atoms with van der Waals surface area (Å²) >= 11 is 0. The number of aromatic nitrogens is 5. The van der Waals surface area contributed by atoms with E-state index in [0.717, 1.165) is 11.3 Å². The molecule has 0 aliphatic carbocycles. The molecule has 158 valence electrons. The van der Waals surface area contributed by atoms with Crippen LogP contribution in [0.4, 0.5) is 4.39 Å². The molecule has 4 rings (SSSR count). The average molecular weight is 422 g/mol. The normalized spacial score (nSPS) is 10.8. The van der Waals surface area contributed by atoms with E-state index >= 15 is 0 Å². The maximum absolute atomic E-state index is 13.0. The number of aromatic amines is 1. The third-order valence-electron chi connectivity index (χ3n) is 4.47. The molecule has 31 heavy (non-hydrogen) atoms. The summed E-state index contributed by atoms with van der Waals surface area (Å²) in [5.41, 5.74) is 1.47. The summed E-state index contributed by atoms with van der Waals surface area (Å²) in [6.45, 7) is 0.215. The molecule has 0 radical (unpaired) electrons. The van der Waals surface area contributed by atoms with Gasteiger partial charge in [0.2, 0.25) is 17.6 Å². The Balaban J connectivity index is 1.26. The lowest BCUT2D eigenvalue weighted by Gasteiger charge is -2.01. The fourth-order valence-electron chi connectivity index (χ4n) is 2.81. The number of nitrogens with zero attached hydrogens (tertiary/aromatic N) is 4. The standard InChI is InChI=1S/C21H19FN6O3/c1-30-16-8-4-13(5-9-16)20-24-17(26-27-20)12-23-18(29)10-11-19-25-21(28-31-19)14-2-6-15(22)7-3-14/h2-9H,10-12H2,1H3,(H,23,29)(H,24,26,27). The van der Waals surface area contributed by atoms with Crippen LogP contribution in [0.3, 0.4) is 0 Å². The molecule has 2 heterocycles. The summed E-state index contributed by atoms with van der Waals surface area (Å²) in [6, 6.07) is 13.1. The minimum atomic E-state index is -0.341. The van der Waals surface area contributed by atoms with Crippen LogP contribution in [0.25, 0.3) is 22.8 Å². The second kappa shape index (κ2) is 9.16. The Labute approximate surface area is 176 Å². The van der Waals surface area contributed by atoms with Gasteiger partial charge in [-0.25, -0.2) is 9.37 Å². The van der Waals surface area contributed by atoms with Crippen LogP contribution < -0.4 is 10.1 Å². The molecule has 9 nitrogen and oxygen atoms in total. The molecule has 2 N–H and O–H groups in total. The predicted octanol–water partition coefficient (Wildman–Crippen LogP) is 2.92. The van der Waals surface area contributed by atoms with Crippen LogP contribution in [0.5, 0.6) is 5.75 Å². The van der Waals surface area contributed by atoms with Crippen molar-refractivity contribution >= 4 is 5.91 Å². The zero-order valence-electron chi connectivity index (χ0n) is 16.6. The molecule has 1 amide bonds. The number of methoxy groups -OCH3 is 1. The predicted molar refractivity (Wildman–Crippen MR) is 108 cm³/mol. The Morgan fingerprint density at radius 3 is 2.52 bits per heavy atom. The zero-order valence-corrected chi connectivity index (χ0v) is 16.6. The van der Waals surface area contributed by atoms with Gasteiger partial charge in [0.05, 0.1) is 13.7 Å². The van der Waals surface area contributed by atoms with Gasteiger partial charge in [0.25, 0.3) is 0 Å². The van der Waals surface area contributed by atoms with Gasteiger partial charge in [-0.2, -0.15) is 10.1 Å². The van der Waals surface area contributed by atoms with E-state index in [0.29, 0.717) is 28.9 Å². The number of hydrogen-bond donors (Lipinski definition) is 2. The molecule has 0 unspecified atom stereocenters. The van der Waals surface area contributed by atoms with E-state index in [1.54, 1.807) is 19.2 Å². The SMILES string of the molecule is COc1ccc(-c2n[nH]c(CNC(=O)CCc3nc(-c4ccc(F)cc4)no3)n2)cc1. The molecule has 0 fully saturated rings. The number of ether oxygens (including phenoxy) is 1. The van der Waals surface area contributed by atoms with Gasteiger partial charge in [-0.3, -0.25) is 9.89 Å². The topological polar surface area (TPSA) is 119 Å². The average Bonchev–Trinajstić information content (AvgIpc) is 3.47. The van der Waals surface area contributed by atoms with E-state index in [2.05, 4.69) is 30.6 Å². The fraction of sp³-hybridized carbons (Fsp3) is 0.190. The molecule has 2 aromatic heterocycles. The van der Waals surface area contributed by atoms with Crippen molar-refractivity contribution in [3.8, 4) is 28.5 Å². The molecule has 0 aliphatic heterocycles. The van der Waals surface area contributed by atoms with E-state index in [1.807, 2.05) is 24.3 Å². The number of halogens is 1. The first-order valence-corrected chi connectivity index (χ1v) is 9.51. The van der Waals surface area contributed by atoms with E-state index in [1.165, 1.54) is 12.1 Å². The number of benzene rings is 2. The largest absolute Gasteiger partial charge is 0.497 e. The Kier molecular flexibility index (Phi) is 5.97. The molecule has 0 bridgehead atoms. The van der Waals surface area contributed by atoms with Gasteiger partial charge in [0, 0.05) is 24.0 Å². The van der Waals surface area contributed by atoms with E-state index in [-0.39, 0.29) is 31.1 Å². The first kappa shape index (κ1) is 20.2. The van der Waals surface area contributed by atoms with Gasteiger partial charge in [-0.05, 0) is 48.5 Å². The number of carbonyl (C=O) groups excluding carboxylic acids is 1. The van der Waals surface area contributed by atoms with Crippen LogP contribution in [-0.2, 0) is 17.8 Å². The maximum Gasteiger partial charge on any atom is 0.227 e. The molecule has 0 aliphatic rings. The summed E-state index contributed by atoms with van der Waals surface area (Å²) in [5.74, 6) is 1.97. The molecule has 0 spiro atoms. The van der Waals surface area contributed by atoms with Gasteiger partial charge >= 0.3 is 0 Å². The summed E-state index contributed by atoms with van der Waals surface area (Å²) in [4.78, 5) is 20.7. The highest BCUT2D eigenvalue weighted by atomic mass is 19.1. The van der Waals surface area contributed by atoms with Gasteiger partial charge in [-0.15, -0.1) is 0 Å². The van der Waals surface area contributed by atoms with Gasteiger partial charge < -0.3 is 14.6 Å². The molecular formula is C21H19FN6O3. The molecule has 4 aromatic rings. The van der Waals surface area contributed by atoms with Gasteiger partial charge in [0.15, 0.2) is 5.82 Å². The van der Waals surface area contributed by atoms with E-state index in [4.69, 9.17) is 9.26 Å². The third kappa shape index (κ3) is 5.10. The number of H-pyrrole nitrogens is 1. The number of aryl methyl sites for hydroxylation is 1. The highest BCUT2D eigenvalue weighted by Gasteiger charge is 2.12. The molecule has 0 atom stereocenters. The number of nitrogens with one attached hydrogen (secondary N) is 2. The monoisotopic (exact) mass is 422 g/mol. The van der Waals surface area contributed by atoms with Crippen molar-refractivity contribution in [2.45, 2.75) is 19.4 Å². The molecule has 0 saturated carbocycles. The van der Waals surface area contributed by atoms with Crippen molar-refractivity contribution in [1.29, 1.82) is 0 Å². The van der Waals surface area contributed by atoms with Crippen molar-refractivity contribution in [2.24, 2.45) is 0 Å². The minimum Gasteiger partial charge on any atom is -0.497 e. The first-order chi connectivity index (χ1) is 15.1. The lowest BCUT2D eigenvalue weighted by Crippen LogP contribution is -2.23. The van der Waals surface area contributed by atoms with Crippen molar-refractivity contribution in [2.75, 3.05) is 7.11 Å². The molecule has 0 saturated heterocycles. The lowest BCUT2D eigenvalue weighted by molar-refractivity contribution is -0.121. The van der Waals surface area contributed by atoms with Crippen LogP contribution in [0.1, 0.15) is 18.1 Å². The Hall–Kier alpha value is -4.08. The number of amides is 1. The Bertz CT molecular complexity index is 1150. The van der Waals surface area contributed by atoms with Crippen LogP contribution in [0.15, 0.2) is 53.1 Å². The highest BCUT2D eigenvalue weighted by molar-refractivity contribution is 5.76. The maximum atomic E-state index is 13.0. The van der Waals surface area contributed by atoms with E-state index < -0.39 is 0 Å². The van der Waals surface area contributed by atoms with E-state index in [9.17, 15) is 9.18 Å². The van der Waals surface area contributed by atoms with Crippen molar-refractivity contribution in [1.82, 2.24) is 30.6 Å². The quantitative estimate of drug-likeness (QED) is 0.448.